The topological polar surface area (TPSA) is 377 Å². The molecule has 0 aliphatic carbocycles. The van der Waals surface area contributed by atoms with Crippen LogP contribution >= 0.6 is 0 Å². The number of carbonyl (C=O) groups excluding carboxylic acids is 4. The van der Waals surface area contributed by atoms with Gasteiger partial charge in [0.1, 0.15) is 54.9 Å². The maximum absolute atomic E-state index is 13.6. The summed E-state index contributed by atoms with van der Waals surface area (Å²) in [5.41, 5.74) is 0. The molecule has 0 aromatic carbocycles. The number of aliphatic hydroxyl groups excluding tert-OH is 10. The molecule has 0 bridgehead atoms. The summed E-state index contributed by atoms with van der Waals surface area (Å²) in [6.45, 7) is 2.18. The van der Waals surface area contributed by atoms with Crippen molar-refractivity contribution in [1.29, 1.82) is 0 Å². The van der Waals surface area contributed by atoms with Gasteiger partial charge in [-0.3, -0.25) is 24.1 Å². The molecule has 0 aromatic rings. The van der Waals surface area contributed by atoms with E-state index in [0.29, 0.717) is 32.2 Å². The smallest absolute Gasteiger partial charge is 0.234 e. The van der Waals surface area contributed by atoms with Gasteiger partial charge in [-0.2, -0.15) is 0 Å². The van der Waals surface area contributed by atoms with E-state index in [-0.39, 0.29) is 38.6 Å². The molecular weight excluding hydrogens is 858 g/mol. The van der Waals surface area contributed by atoms with Crippen LogP contribution < -0.4 is 21.3 Å². The molecule has 14 N–H and O–H groups in total. The molecule has 16 atom stereocenters. The molecule has 0 aromatic heterocycles. The molecule has 0 saturated carbocycles. The van der Waals surface area contributed by atoms with E-state index in [1.165, 1.54) is 4.90 Å². The lowest BCUT2D eigenvalue weighted by Gasteiger charge is -2.40. The summed E-state index contributed by atoms with van der Waals surface area (Å²) in [7, 11) is 0. The number of hydrogen-bond donors (Lipinski definition) is 14. The van der Waals surface area contributed by atoms with Gasteiger partial charge in [-0.1, -0.05) is 13.3 Å². The number of unbranched alkanes of at least 4 members (excludes halogenated alkanes) is 2. The molecule has 3 heterocycles. The van der Waals surface area contributed by atoms with Crippen LogP contribution in [0, 0.1) is 5.92 Å². The maximum atomic E-state index is 13.6. The fourth-order valence-corrected chi connectivity index (χ4v) is 7.13. The summed E-state index contributed by atoms with van der Waals surface area (Å²) in [5, 5.41) is 112. The van der Waals surface area contributed by atoms with E-state index < -0.39 is 155 Å². The van der Waals surface area contributed by atoms with E-state index in [4.69, 9.17) is 28.4 Å². The van der Waals surface area contributed by atoms with Crippen molar-refractivity contribution >= 4 is 23.6 Å². The Morgan fingerprint density at radius 3 is 1.70 bits per heavy atom. The Morgan fingerprint density at radius 2 is 1.12 bits per heavy atom. The Hall–Kier alpha value is -2.80. The molecule has 3 fully saturated rings. The van der Waals surface area contributed by atoms with E-state index in [0.717, 1.165) is 0 Å². The minimum absolute atomic E-state index is 0.0211. The average Bonchev–Trinajstić information content (AvgIpc) is 3.25. The Morgan fingerprint density at radius 1 is 0.578 bits per heavy atom. The molecule has 3 saturated heterocycles. The second-order valence-corrected chi connectivity index (χ2v) is 16.2. The zero-order valence-electron chi connectivity index (χ0n) is 36.6. The zero-order chi connectivity index (χ0) is 47.5. The third-order valence-electron chi connectivity index (χ3n) is 11.0. The molecule has 64 heavy (non-hydrogen) atoms. The number of aliphatic hydroxyl groups is 10. The first-order valence-corrected chi connectivity index (χ1v) is 21.7. The summed E-state index contributed by atoms with van der Waals surface area (Å²) < 4.78 is 33.4. The molecule has 25 heteroatoms. The van der Waals surface area contributed by atoms with Crippen LogP contribution in [0.25, 0.3) is 0 Å². The number of rotatable bonds is 27. The number of amides is 4. The van der Waals surface area contributed by atoms with E-state index >= 15 is 0 Å². The number of nitrogens with zero attached hydrogens (tertiary/aromatic N) is 1. The van der Waals surface area contributed by atoms with Gasteiger partial charge in [0.15, 0.2) is 18.9 Å². The molecule has 3 rings (SSSR count). The van der Waals surface area contributed by atoms with Crippen LogP contribution in [-0.2, 0) is 47.6 Å². The van der Waals surface area contributed by atoms with Gasteiger partial charge in [-0.15, -0.1) is 0 Å². The summed E-state index contributed by atoms with van der Waals surface area (Å²) in [6.07, 6.45) is -17.7. The number of carbonyl (C=O) groups is 4. The van der Waals surface area contributed by atoms with Crippen molar-refractivity contribution in [3.63, 3.8) is 0 Å². The number of hydrogen-bond acceptors (Lipinski definition) is 21. The monoisotopic (exact) mass is 929 g/mol. The first kappa shape index (κ1) is 55.5. The number of ether oxygens (including phenoxy) is 6. The summed E-state index contributed by atoms with van der Waals surface area (Å²) >= 11 is 0. The second kappa shape index (κ2) is 28.4. The molecule has 25 nitrogen and oxygen atoms in total. The Kier molecular flexibility index (Phi) is 24.6. The Balaban J connectivity index is 1.66. The van der Waals surface area contributed by atoms with Crippen molar-refractivity contribution < 1.29 is 98.7 Å². The van der Waals surface area contributed by atoms with E-state index in [1.807, 2.05) is 6.92 Å². The molecule has 0 spiro atoms. The van der Waals surface area contributed by atoms with E-state index in [9.17, 15) is 70.2 Å². The molecule has 1 unspecified atom stereocenters. The van der Waals surface area contributed by atoms with Crippen molar-refractivity contribution in [2.75, 3.05) is 72.3 Å². The van der Waals surface area contributed by atoms with E-state index in [2.05, 4.69) is 21.3 Å². The highest BCUT2D eigenvalue weighted by Gasteiger charge is 2.46. The Labute approximate surface area is 371 Å². The highest BCUT2D eigenvalue weighted by atomic mass is 16.7. The van der Waals surface area contributed by atoms with Gasteiger partial charge in [0, 0.05) is 32.0 Å². The highest BCUT2D eigenvalue weighted by Crippen LogP contribution is 2.27. The van der Waals surface area contributed by atoms with Gasteiger partial charge in [0.25, 0.3) is 0 Å². The lowest BCUT2D eigenvalue weighted by Crippen LogP contribution is -2.60. The molecule has 4 amide bonds. The van der Waals surface area contributed by atoms with Crippen molar-refractivity contribution in [3.05, 3.63) is 0 Å². The largest absolute Gasteiger partial charge is 0.394 e. The van der Waals surface area contributed by atoms with Gasteiger partial charge in [-0.25, -0.2) is 0 Å². The average molecular weight is 930 g/mol. The fraction of sp³-hybridized carbons (Fsp3) is 0.897. The van der Waals surface area contributed by atoms with Crippen LogP contribution in [0.5, 0.6) is 0 Å². The van der Waals surface area contributed by atoms with Crippen LogP contribution in [0.2, 0.25) is 0 Å². The highest BCUT2D eigenvalue weighted by molar-refractivity contribution is 5.84. The SMILES string of the molecule is CCNC(=O)CCCCCNC(=O)CN(CC(=O)NCCO[C@@H]1O[C@@H](C)[C@@H](O)[C@@H](O)[C@@H]1C)CC(=O)NC(CCO[C@H]1O[C@H](CO)[C@@H](O)[C@H](O)[C@@H]1O)CO[C@H]1O[C@H](CO)[C@@H](O)[C@H](O)[C@@H]1O. The van der Waals surface area contributed by atoms with Crippen LogP contribution in [0.1, 0.15) is 52.9 Å². The second-order valence-electron chi connectivity index (χ2n) is 16.2. The predicted molar refractivity (Wildman–Crippen MR) is 217 cm³/mol. The Bertz CT molecular complexity index is 1400. The molecule has 372 valence electrons. The van der Waals surface area contributed by atoms with Gasteiger partial charge in [0.2, 0.25) is 23.6 Å². The van der Waals surface area contributed by atoms with Crippen molar-refractivity contribution in [2.45, 2.75) is 145 Å². The minimum Gasteiger partial charge on any atom is -0.394 e. The van der Waals surface area contributed by atoms with Crippen LogP contribution in [0.4, 0.5) is 0 Å². The van der Waals surface area contributed by atoms with Gasteiger partial charge in [-0.05, 0) is 33.1 Å². The lowest BCUT2D eigenvalue weighted by molar-refractivity contribution is -0.304. The standard InChI is InChI=1S/C39H71N5O20/c1-4-40-25(47)8-6-5-7-10-41-26(48)14-44(15-27(49)42-11-13-60-37-20(2)29(51)30(52)21(3)62-37)16-28(50)43-22(19-61-39-36(58)34(56)32(54)24(18-46)64-39)9-12-59-38-35(57)33(55)31(53)23(17-45)63-38/h20-24,29-39,45-46,51-58H,4-19H2,1-3H3,(H,40,47)(H,41,48)(H,42,49)(H,43,50)/t20-,21-,22?,23+,24+,29-,30+,31+,32+,33-,34-,35-,36-,37+,38-,39-/m0/s1. The number of nitrogens with one attached hydrogen (secondary N) is 4. The lowest BCUT2D eigenvalue weighted by atomic mass is 9.93. The summed E-state index contributed by atoms with van der Waals surface area (Å²) in [5.74, 6) is -2.48. The minimum atomic E-state index is -1.78. The van der Waals surface area contributed by atoms with Gasteiger partial charge in [0.05, 0.1) is 70.9 Å². The van der Waals surface area contributed by atoms with Crippen molar-refractivity contribution in [1.82, 2.24) is 26.2 Å². The first-order valence-electron chi connectivity index (χ1n) is 21.7. The summed E-state index contributed by atoms with van der Waals surface area (Å²) in [6, 6.07) is -1.03. The molecule has 3 aliphatic heterocycles. The maximum Gasteiger partial charge on any atom is 0.234 e. The van der Waals surface area contributed by atoms with Crippen LogP contribution in [-0.4, -0.2) is 244 Å². The van der Waals surface area contributed by atoms with Crippen molar-refractivity contribution in [3.8, 4) is 0 Å². The summed E-state index contributed by atoms with van der Waals surface area (Å²) in [4.78, 5) is 52.8. The third kappa shape index (κ3) is 17.4. The van der Waals surface area contributed by atoms with Crippen LogP contribution in [0.3, 0.4) is 0 Å². The molecule has 0 radical (unpaired) electrons. The zero-order valence-corrected chi connectivity index (χ0v) is 36.6. The molecule has 3 aliphatic rings. The fourth-order valence-electron chi connectivity index (χ4n) is 7.13. The predicted octanol–water partition coefficient (Wildman–Crippen LogP) is -7.16. The van der Waals surface area contributed by atoms with Crippen LogP contribution in [0.15, 0.2) is 0 Å². The quantitative estimate of drug-likeness (QED) is 0.0340. The molecular formula is C39H71N5O20. The normalized spacial score (nSPS) is 33.6. The van der Waals surface area contributed by atoms with Gasteiger partial charge < -0.3 is 101 Å². The third-order valence-corrected chi connectivity index (χ3v) is 11.0. The van der Waals surface area contributed by atoms with Crippen molar-refractivity contribution in [2.24, 2.45) is 5.92 Å². The first-order chi connectivity index (χ1) is 30.4. The van der Waals surface area contributed by atoms with Gasteiger partial charge >= 0.3 is 0 Å². The van der Waals surface area contributed by atoms with E-state index in [1.54, 1.807) is 13.8 Å².